The van der Waals surface area contributed by atoms with Crippen molar-refractivity contribution in [2.24, 2.45) is 0 Å². The molecule has 0 heterocycles. The molecule has 0 spiro atoms. The summed E-state index contributed by atoms with van der Waals surface area (Å²) in [4.78, 5) is 12.4. The van der Waals surface area contributed by atoms with Gasteiger partial charge in [0.1, 0.15) is 7.11 Å². The molecule has 1 amide bonds. The van der Waals surface area contributed by atoms with Gasteiger partial charge < -0.3 is 4.74 Å². The Morgan fingerprint density at radius 1 is 1.38 bits per heavy atom. The van der Waals surface area contributed by atoms with Crippen LogP contribution in [0.3, 0.4) is 0 Å². The van der Waals surface area contributed by atoms with E-state index >= 15 is 0 Å². The Morgan fingerprint density at radius 2 is 1.92 bits per heavy atom. The molecule has 0 aromatic heterocycles. The number of hydrogen-bond acceptors (Lipinski definition) is 2. The molecule has 1 radical (unpaired) electrons. The third-order valence-corrected chi connectivity index (χ3v) is 1.82. The molecule has 1 aromatic rings. The maximum atomic E-state index is 11.0. The van der Waals surface area contributed by atoms with E-state index in [4.69, 9.17) is 0 Å². The molecule has 0 saturated heterocycles. The molecule has 0 bridgehead atoms. The molecule has 0 fully saturated rings. The van der Waals surface area contributed by atoms with Crippen LogP contribution in [-0.4, -0.2) is 13.1 Å². The van der Waals surface area contributed by atoms with E-state index in [0.717, 1.165) is 11.3 Å². The average Bonchev–Trinajstić information content (AvgIpc) is 2.17. The lowest BCUT2D eigenvalue weighted by molar-refractivity contribution is 0.192. The number of amides is 1. The maximum absolute atomic E-state index is 11.0. The Hall–Kier alpha value is -1.51. The zero-order valence-electron chi connectivity index (χ0n) is 7.78. The molecule has 0 saturated carbocycles. The summed E-state index contributed by atoms with van der Waals surface area (Å²) >= 11 is 0. The monoisotopic (exact) mass is 178 g/mol. The molecule has 0 atom stereocenters. The van der Waals surface area contributed by atoms with Crippen LogP contribution in [0.25, 0.3) is 0 Å². The van der Waals surface area contributed by atoms with Gasteiger partial charge in [0.2, 0.25) is 0 Å². The van der Waals surface area contributed by atoms with E-state index in [1.165, 1.54) is 4.90 Å². The summed E-state index contributed by atoms with van der Waals surface area (Å²) in [5.74, 6) is 0. The number of nitrogens with zero attached hydrogens (tertiary/aromatic N) is 1. The van der Waals surface area contributed by atoms with Crippen LogP contribution < -0.4 is 4.90 Å². The lowest BCUT2D eigenvalue weighted by Gasteiger charge is -2.15. The second-order valence-corrected chi connectivity index (χ2v) is 2.80. The van der Waals surface area contributed by atoms with Crippen LogP contribution in [-0.2, 0) is 4.74 Å². The summed E-state index contributed by atoms with van der Waals surface area (Å²) in [5.41, 5.74) is 1.94. The number of hydrogen-bond donors (Lipinski definition) is 0. The lowest BCUT2D eigenvalue weighted by Crippen LogP contribution is -2.25. The minimum Gasteiger partial charge on any atom is -0.446 e. The number of benzene rings is 1. The summed E-state index contributed by atoms with van der Waals surface area (Å²) in [6.45, 7) is 1.99. The van der Waals surface area contributed by atoms with Crippen LogP contribution in [0.5, 0.6) is 0 Å². The van der Waals surface area contributed by atoms with E-state index in [0.29, 0.717) is 0 Å². The van der Waals surface area contributed by atoms with Crippen molar-refractivity contribution in [2.75, 3.05) is 11.9 Å². The van der Waals surface area contributed by atoms with Crippen molar-refractivity contribution in [1.29, 1.82) is 0 Å². The van der Waals surface area contributed by atoms with Gasteiger partial charge in [-0.15, -0.1) is 0 Å². The fourth-order valence-corrected chi connectivity index (χ4v) is 0.971. The lowest BCUT2D eigenvalue weighted by atomic mass is 10.2. The van der Waals surface area contributed by atoms with Crippen molar-refractivity contribution < 1.29 is 9.53 Å². The van der Waals surface area contributed by atoms with Crippen LogP contribution in [0, 0.1) is 14.0 Å². The highest BCUT2D eigenvalue weighted by Crippen LogP contribution is 2.13. The summed E-state index contributed by atoms with van der Waals surface area (Å²) in [6.07, 6.45) is -0.469. The van der Waals surface area contributed by atoms with Crippen LogP contribution in [0.15, 0.2) is 24.3 Å². The van der Waals surface area contributed by atoms with Crippen LogP contribution in [0.2, 0.25) is 0 Å². The predicted octanol–water partition coefficient (Wildman–Crippen LogP) is 2.36. The standard InChI is InChI=1S/C10H12NO2/c1-8-4-6-9(7-5-8)11(2)10(12)13-3/h4-7H,3H2,1-2H3. The first kappa shape index (κ1) is 9.58. The van der Waals surface area contributed by atoms with Crippen molar-refractivity contribution >= 4 is 11.8 Å². The average molecular weight is 178 g/mol. The molecule has 3 heteroatoms. The van der Waals surface area contributed by atoms with Gasteiger partial charge in [0.25, 0.3) is 0 Å². The molecule has 0 N–H and O–H groups in total. The molecule has 3 nitrogen and oxygen atoms in total. The number of carbonyl (C=O) groups excluding carboxylic acids is 1. The van der Waals surface area contributed by atoms with Crippen molar-refractivity contribution in [2.45, 2.75) is 6.92 Å². The Balaban J connectivity index is 2.83. The van der Waals surface area contributed by atoms with E-state index in [9.17, 15) is 4.79 Å². The molecule has 0 aliphatic heterocycles. The molecular weight excluding hydrogens is 166 g/mol. The van der Waals surface area contributed by atoms with Crippen molar-refractivity contribution in [3.8, 4) is 0 Å². The number of aryl methyl sites for hydroxylation is 1. The van der Waals surface area contributed by atoms with Crippen molar-refractivity contribution in [3.63, 3.8) is 0 Å². The van der Waals surface area contributed by atoms with Gasteiger partial charge in [-0.2, -0.15) is 0 Å². The molecule has 0 aliphatic rings. The van der Waals surface area contributed by atoms with Crippen molar-refractivity contribution in [1.82, 2.24) is 0 Å². The Labute approximate surface area is 77.9 Å². The molecule has 0 unspecified atom stereocenters. The van der Waals surface area contributed by atoms with Crippen LogP contribution in [0.4, 0.5) is 10.5 Å². The fourth-order valence-electron chi connectivity index (χ4n) is 0.971. The summed E-state index contributed by atoms with van der Waals surface area (Å²) in [5, 5.41) is 0. The minimum absolute atomic E-state index is 0.469. The van der Waals surface area contributed by atoms with Crippen LogP contribution in [0.1, 0.15) is 5.56 Å². The van der Waals surface area contributed by atoms with E-state index in [1.54, 1.807) is 7.05 Å². The van der Waals surface area contributed by atoms with E-state index in [-0.39, 0.29) is 0 Å². The van der Waals surface area contributed by atoms with Gasteiger partial charge in [-0.1, -0.05) is 17.7 Å². The minimum atomic E-state index is -0.469. The fraction of sp³-hybridized carbons (Fsp3) is 0.200. The van der Waals surface area contributed by atoms with Gasteiger partial charge in [0.05, 0.1) is 0 Å². The second-order valence-electron chi connectivity index (χ2n) is 2.80. The van der Waals surface area contributed by atoms with E-state index in [1.807, 2.05) is 31.2 Å². The third-order valence-electron chi connectivity index (χ3n) is 1.82. The molecular formula is C10H12NO2. The normalized spacial score (nSPS) is 9.46. The highest BCUT2D eigenvalue weighted by molar-refractivity contribution is 5.86. The number of anilines is 1. The zero-order valence-corrected chi connectivity index (χ0v) is 7.78. The SMILES string of the molecule is [CH2]OC(=O)N(C)c1ccc(C)cc1. The zero-order chi connectivity index (χ0) is 9.84. The Morgan fingerprint density at radius 3 is 2.38 bits per heavy atom. The first-order valence-corrected chi connectivity index (χ1v) is 3.91. The first-order chi connectivity index (χ1) is 6.15. The van der Waals surface area contributed by atoms with E-state index < -0.39 is 6.09 Å². The van der Waals surface area contributed by atoms with Gasteiger partial charge in [-0.3, -0.25) is 4.90 Å². The smallest absolute Gasteiger partial charge is 0.414 e. The molecule has 1 rings (SSSR count). The van der Waals surface area contributed by atoms with Gasteiger partial charge in [-0.25, -0.2) is 4.79 Å². The second kappa shape index (κ2) is 3.94. The molecule has 13 heavy (non-hydrogen) atoms. The quantitative estimate of drug-likeness (QED) is 0.660. The van der Waals surface area contributed by atoms with Gasteiger partial charge in [0.15, 0.2) is 0 Å². The number of rotatable bonds is 1. The summed E-state index contributed by atoms with van der Waals surface area (Å²) in [7, 11) is 4.70. The Bertz CT molecular complexity index is 292. The highest BCUT2D eigenvalue weighted by atomic mass is 16.5. The van der Waals surface area contributed by atoms with Gasteiger partial charge >= 0.3 is 6.09 Å². The highest BCUT2D eigenvalue weighted by Gasteiger charge is 2.09. The Kier molecular flexibility index (Phi) is 2.90. The number of ether oxygens (including phenoxy) is 1. The van der Waals surface area contributed by atoms with E-state index in [2.05, 4.69) is 11.8 Å². The topological polar surface area (TPSA) is 29.5 Å². The summed E-state index contributed by atoms with van der Waals surface area (Å²) < 4.78 is 4.33. The number of carbonyl (C=O) groups is 1. The van der Waals surface area contributed by atoms with Gasteiger partial charge in [0, 0.05) is 12.7 Å². The summed E-state index contributed by atoms with van der Waals surface area (Å²) in [6, 6.07) is 7.57. The maximum Gasteiger partial charge on any atom is 0.414 e. The largest absolute Gasteiger partial charge is 0.446 e. The van der Waals surface area contributed by atoms with Crippen molar-refractivity contribution in [3.05, 3.63) is 36.9 Å². The predicted molar refractivity (Wildman–Crippen MR) is 51.4 cm³/mol. The van der Waals surface area contributed by atoms with Gasteiger partial charge in [-0.05, 0) is 19.1 Å². The molecule has 0 aliphatic carbocycles. The third kappa shape index (κ3) is 2.21. The van der Waals surface area contributed by atoms with Crippen LogP contribution >= 0.6 is 0 Å². The molecule has 1 aromatic carbocycles. The molecule has 69 valence electrons. The first-order valence-electron chi connectivity index (χ1n) is 3.91.